The Morgan fingerprint density at radius 1 is 0.964 bits per heavy atom. The van der Waals surface area contributed by atoms with E-state index in [1.54, 1.807) is 12.0 Å². The number of hydrogen-bond acceptors (Lipinski definition) is 2. The normalized spacial score (nSPS) is 10.6. The molecule has 3 rings (SSSR count). The molecule has 28 heavy (non-hydrogen) atoms. The van der Waals surface area contributed by atoms with Crippen molar-refractivity contribution in [1.82, 2.24) is 0 Å². The third kappa shape index (κ3) is 5.24. The molecule has 0 saturated carbocycles. The van der Waals surface area contributed by atoms with E-state index in [0.717, 1.165) is 28.3 Å². The van der Waals surface area contributed by atoms with E-state index in [-0.39, 0.29) is 6.03 Å². The Bertz CT molecular complexity index is 917. The number of hydrogen-bond donors (Lipinski definition) is 1. The molecule has 0 aliphatic carbocycles. The smallest absolute Gasteiger partial charge is 0.326 e. The molecule has 0 spiro atoms. The fraction of sp³-hybridized carbons (Fsp3) is 0.125. The second kappa shape index (κ2) is 9.42. The molecule has 3 aromatic rings. The number of nitrogens with zero attached hydrogens (tertiary/aromatic N) is 1. The minimum absolute atomic E-state index is 0.188. The molecule has 1 N–H and O–H groups in total. The van der Waals surface area contributed by atoms with E-state index in [0.29, 0.717) is 6.54 Å². The monoisotopic (exact) mass is 372 g/mol. The summed E-state index contributed by atoms with van der Waals surface area (Å²) in [6, 6.07) is 25.1. The SMILES string of the molecule is COc1ccc(NC(=O)N(C/C=C/c2ccccc2)c2ccc(C)cc2)cc1. The number of benzene rings is 3. The molecule has 0 bridgehead atoms. The van der Waals surface area contributed by atoms with E-state index < -0.39 is 0 Å². The van der Waals surface area contributed by atoms with Crippen molar-refractivity contribution < 1.29 is 9.53 Å². The van der Waals surface area contributed by atoms with Crippen LogP contribution in [0, 0.1) is 6.92 Å². The molecular formula is C24H24N2O2. The minimum atomic E-state index is -0.188. The molecule has 0 aliphatic rings. The van der Waals surface area contributed by atoms with Crippen LogP contribution < -0.4 is 15.0 Å². The zero-order chi connectivity index (χ0) is 19.8. The maximum atomic E-state index is 12.9. The highest BCUT2D eigenvalue weighted by Crippen LogP contribution is 2.19. The number of urea groups is 1. The van der Waals surface area contributed by atoms with Crippen LogP contribution in [0.2, 0.25) is 0 Å². The molecule has 3 aromatic carbocycles. The van der Waals surface area contributed by atoms with E-state index in [2.05, 4.69) is 5.32 Å². The van der Waals surface area contributed by atoms with E-state index >= 15 is 0 Å². The summed E-state index contributed by atoms with van der Waals surface area (Å²) in [5.74, 6) is 0.749. The number of carbonyl (C=O) groups is 1. The van der Waals surface area contributed by atoms with Crippen molar-refractivity contribution in [1.29, 1.82) is 0 Å². The number of nitrogens with one attached hydrogen (secondary N) is 1. The molecule has 0 saturated heterocycles. The fourth-order valence-corrected chi connectivity index (χ4v) is 2.75. The second-order valence-electron chi connectivity index (χ2n) is 6.42. The van der Waals surface area contributed by atoms with Crippen LogP contribution in [0.5, 0.6) is 5.75 Å². The standard InChI is InChI=1S/C24H24N2O2/c1-19-10-14-22(15-11-19)26(18-6-9-20-7-4-3-5-8-20)24(27)25-21-12-16-23(28-2)17-13-21/h3-17H,18H2,1-2H3,(H,25,27)/b9-6+. The topological polar surface area (TPSA) is 41.6 Å². The molecule has 4 nitrogen and oxygen atoms in total. The molecule has 0 aliphatic heterocycles. The van der Waals surface area contributed by atoms with Crippen molar-refractivity contribution in [2.24, 2.45) is 0 Å². The molecule has 4 heteroatoms. The molecule has 0 heterocycles. The Balaban J connectivity index is 1.77. The van der Waals surface area contributed by atoms with Crippen LogP contribution in [0.25, 0.3) is 6.08 Å². The van der Waals surface area contributed by atoms with Gasteiger partial charge in [0.15, 0.2) is 0 Å². The van der Waals surface area contributed by atoms with Crippen molar-refractivity contribution in [2.45, 2.75) is 6.92 Å². The minimum Gasteiger partial charge on any atom is -0.497 e. The summed E-state index contributed by atoms with van der Waals surface area (Å²) in [5, 5.41) is 2.95. The summed E-state index contributed by atoms with van der Waals surface area (Å²) < 4.78 is 5.17. The van der Waals surface area contributed by atoms with Gasteiger partial charge in [-0.1, -0.05) is 60.2 Å². The lowest BCUT2D eigenvalue weighted by atomic mass is 10.2. The zero-order valence-electron chi connectivity index (χ0n) is 16.1. The second-order valence-corrected chi connectivity index (χ2v) is 6.42. The van der Waals surface area contributed by atoms with Crippen molar-refractivity contribution in [3.05, 3.63) is 96.1 Å². The van der Waals surface area contributed by atoms with Gasteiger partial charge < -0.3 is 10.1 Å². The maximum Gasteiger partial charge on any atom is 0.326 e. The number of carbonyl (C=O) groups excluding carboxylic acids is 1. The first kappa shape index (κ1) is 19.2. The number of amides is 2. The zero-order valence-corrected chi connectivity index (χ0v) is 16.1. The highest BCUT2D eigenvalue weighted by Gasteiger charge is 2.14. The third-order valence-electron chi connectivity index (χ3n) is 4.33. The van der Waals surface area contributed by atoms with Gasteiger partial charge in [-0.15, -0.1) is 0 Å². The van der Waals surface area contributed by atoms with Crippen LogP contribution in [0.1, 0.15) is 11.1 Å². The summed E-state index contributed by atoms with van der Waals surface area (Å²) >= 11 is 0. The van der Waals surface area contributed by atoms with Crippen LogP contribution in [0.3, 0.4) is 0 Å². The van der Waals surface area contributed by atoms with E-state index in [4.69, 9.17) is 4.74 Å². The predicted octanol–water partition coefficient (Wildman–Crippen LogP) is 5.76. The van der Waals surface area contributed by atoms with Crippen LogP contribution in [0.15, 0.2) is 84.9 Å². The average molecular weight is 372 g/mol. The quantitative estimate of drug-likeness (QED) is 0.598. The molecule has 2 amide bonds. The van der Waals surface area contributed by atoms with Gasteiger partial charge in [-0.25, -0.2) is 4.79 Å². The summed E-state index contributed by atoms with van der Waals surface area (Å²) in [6.07, 6.45) is 4.00. The highest BCUT2D eigenvalue weighted by atomic mass is 16.5. The highest BCUT2D eigenvalue weighted by molar-refractivity contribution is 6.02. The molecule has 0 unspecified atom stereocenters. The van der Waals surface area contributed by atoms with Gasteiger partial charge in [0.25, 0.3) is 0 Å². The van der Waals surface area contributed by atoms with Crippen LogP contribution in [0.4, 0.5) is 16.2 Å². The van der Waals surface area contributed by atoms with Gasteiger partial charge in [0.05, 0.1) is 7.11 Å². The first-order valence-corrected chi connectivity index (χ1v) is 9.16. The number of rotatable bonds is 6. The summed E-state index contributed by atoms with van der Waals surface area (Å²) in [6.45, 7) is 2.49. The van der Waals surface area contributed by atoms with E-state index in [9.17, 15) is 4.79 Å². The Hall–Kier alpha value is -3.53. The van der Waals surface area contributed by atoms with Crippen molar-refractivity contribution in [3.8, 4) is 5.75 Å². The summed E-state index contributed by atoms with van der Waals surface area (Å²) in [4.78, 5) is 14.7. The van der Waals surface area contributed by atoms with Crippen LogP contribution >= 0.6 is 0 Å². The number of anilines is 2. The Morgan fingerprint density at radius 3 is 2.29 bits per heavy atom. The molecular weight excluding hydrogens is 348 g/mol. The first-order valence-electron chi connectivity index (χ1n) is 9.16. The van der Waals surface area contributed by atoms with E-state index in [1.807, 2.05) is 97.9 Å². The van der Waals surface area contributed by atoms with Gasteiger partial charge in [-0.05, 0) is 48.9 Å². The molecule has 0 aromatic heterocycles. The Kier molecular flexibility index (Phi) is 6.47. The van der Waals surface area contributed by atoms with Crippen LogP contribution in [-0.2, 0) is 0 Å². The summed E-state index contributed by atoms with van der Waals surface area (Å²) in [7, 11) is 1.62. The maximum absolute atomic E-state index is 12.9. The number of ether oxygens (including phenoxy) is 1. The third-order valence-corrected chi connectivity index (χ3v) is 4.33. The number of aryl methyl sites for hydroxylation is 1. The van der Waals surface area contributed by atoms with Gasteiger partial charge in [0, 0.05) is 17.9 Å². The molecule has 0 atom stereocenters. The molecule has 0 fully saturated rings. The van der Waals surface area contributed by atoms with Crippen molar-refractivity contribution in [2.75, 3.05) is 23.9 Å². The van der Waals surface area contributed by atoms with E-state index in [1.165, 1.54) is 0 Å². The largest absolute Gasteiger partial charge is 0.497 e. The van der Waals surface area contributed by atoms with Gasteiger partial charge in [-0.3, -0.25) is 4.90 Å². The van der Waals surface area contributed by atoms with Gasteiger partial charge in [0.1, 0.15) is 5.75 Å². The molecule has 142 valence electrons. The van der Waals surface area contributed by atoms with Crippen LogP contribution in [-0.4, -0.2) is 19.7 Å². The average Bonchev–Trinajstić information content (AvgIpc) is 2.73. The predicted molar refractivity (Wildman–Crippen MR) is 116 cm³/mol. The van der Waals surface area contributed by atoms with Crippen molar-refractivity contribution >= 4 is 23.5 Å². The van der Waals surface area contributed by atoms with Gasteiger partial charge in [0.2, 0.25) is 0 Å². The Labute approximate surface area is 166 Å². The molecule has 0 radical (unpaired) electrons. The van der Waals surface area contributed by atoms with Crippen molar-refractivity contribution in [3.63, 3.8) is 0 Å². The van der Waals surface area contributed by atoms with Gasteiger partial charge in [-0.2, -0.15) is 0 Å². The summed E-state index contributed by atoms with van der Waals surface area (Å²) in [5.41, 5.74) is 3.81. The lowest BCUT2D eigenvalue weighted by Crippen LogP contribution is -2.35. The first-order chi connectivity index (χ1) is 13.7. The lowest BCUT2D eigenvalue weighted by Gasteiger charge is -2.22. The Morgan fingerprint density at radius 2 is 1.64 bits per heavy atom. The fourth-order valence-electron chi connectivity index (χ4n) is 2.75. The van der Waals surface area contributed by atoms with Gasteiger partial charge >= 0.3 is 6.03 Å². The number of methoxy groups -OCH3 is 1. The lowest BCUT2D eigenvalue weighted by molar-refractivity contribution is 0.257.